The fourth-order valence-electron chi connectivity index (χ4n) is 2.76. The van der Waals surface area contributed by atoms with Gasteiger partial charge in [0, 0.05) is 24.4 Å². The SMILES string of the molecule is CN(C)CCOc1cc(-c2noc(C3(C)COc4ccccc4O3)n2)ccn1. The van der Waals surface area contributed by atoms with E-state index in [9.17, 15) is 0 Å². The number of aromatic nitrogens is 3. The number of likely N-dealkylation sites (N-methyl/N-ethyl adjacent to an activating group) is 1. The Morgan fingerprint density at radius 2 is 2.00 bits per heavy atom. The number of rotatable bonds is 6. The zero-order valence-corrected chi connectivity index (χ0v) is 16.1. The summed E-state index contributed by atoms with van der Waals surface area (Å²) >= 11 is 0. The Bertz CT molecular complexity index is 959. The van der Waals surface area contributed by atoms with Crippen LogP contribution in [0.15, 0.2) is 47.1 Å². The fraction of sp³-hybridized carbons (Fsp3) is 0.350. The molecule has 1 aliphatic heterocycles. The molecule has 0 radical (unpaired) electrons. The fourth-order valence-corrected chi connectivity index (χ4v) is 2.76. The zero-order chi connectivity index (χ0) is 19.6. The Hall–Kier alpha value is -3.13. The molecule has 1 aromatic carbocycles. The van der Waals surface area contributed by atoms with Gasteiger partial charge in [0.25, 0.3) is 5.89 Å². The molecule has 4 rings (SSSR count). The summed E-state index contributed by atoms with van der Waals surface area (Å²) in [5, 5.41) is 4.10. The highest BCUT2D eigenvalue weighted by atomic mass is 16.6. The van der Waals surface area contributed by atoms with Crippen LogP contribution in [0.3, 0.4) is 0 Å². The van der Waals surface area contributed by atoms with Crippen molar-refractivity contribution in [1.29, 1.82) is 0 Å². The van der Waals surface area contributed by atoms with Crippen LogP contribution in [0, 0.1) is 0 Å². The van der Waals surface area contributed by atoms with E-state index in [1.807, 2.05) is 56.3 Å². The van der Waals surface area contributed by atoms with Gasteiger partial charge < -0.3 is 23.6 Å². The summed E-state index contributed by atoms with van der Waals surface area (Å²) in [6.07, 6.45) is 1.66. The molecule has 0 saturated carbocycles. The number of para-hydroxylation sites is 2. The van der Waals surface area contributed by atoms with Gasteiger partial charge in [-0.2, -0.15) is 4.98 Å². The third kappa shape index (κ3) is 3.77. The molecule has 0 spiro atoms. The van der Waals surface area contributed by atoms with Crippen molar-refractivity contribution < 1.29 is 18.7 Å². The lowest BCUT2D eigenvalue weighted by atomic mass is 10.1. The first-order chi connectivity index (χ1) is 13.5. The topological polar surface area (TPSA) is 82.7 Å². The molecule has 1 atom stereocenters. The second-order valence-corrected chi connectivity index (χ2v) is 7.03. The van der Waals surface area contributed by atoms with E-state index in [1.54, 1.807) is 12.3 Å². The van der Waals surface area contributed by atoms with E-state index in [0.717, 1.165) is 12.1 Å². The maximum absolute atomic E-state index is 6.09. The van der Waals surface area contributed by atoms with Crippen LogP contribution >= 0.6 is 0 Å². The zero-order valence-electron chi connectivity index (χ0n) is 16.1. The maximum Gasteiger partial charge on any atom is 0.274 e. The summed E-state index contributed by atoms with van der Waals surface area (Å²) in [5.74, 6) is 2.66. The van der Waals surface area contributed by atoms with Gasteiger partial charge >= 0.3 is 0 Å². The van der Waals surface area contributed by atoms with E-state index in [0.29, 0.717) is 35.7 Å². The molecule has 2 aromatic heterocycles. The second kappa shape index (κ2) is 7.47. The Morgan fingerprint density at radius 3 is 2.82 bits per heavy atom. The molecule has 0 saturated heterocycles. The van der Waals surface area contributed by atoms with Gasteiger partial charge in [0.05, 0.1) is 0 Å². The molecule has 3 aromatic rings. The van der Waals surface area contributed by atoms with Crippen LogP contribution in [-0.2, 0) is 5.60 Å². The predicted molar refractivity (Wildman–Crippen MR) is 101 cm³/mol. The average molecular weight is 382 g/mol. The highest BCUT2D eigenvalue weighted by Gasteiger charge is 2.40. The minimum absolute atomic E-state index is 0.279. The summed E-state index contributed by atoms with van der Waals surface area (Å²) in [7, 11) is 3.98. The van der Waals surface area contributed by atoms with Crippen molar-refractivity contribution >= 4 is 0 Å². The van der Waals surface area contributed by atoms with Gasteiger partial charge in [-0.15, -0.1) is 0 Å². The molecule has 1 unspecified atom stereocenters. The van der Waals surface area contributed by atoms with Gasteiger partial charge in [-0.05, 0) is 39.2 Å². The number of hydrogen-bond acceptors (Lipinski definition) is 8. The molecular weight excluding hydrogens is 360 g/mol. The summed E-state index contributed by atoms with van der Waals surface area (Å²) in [5.41, 5.74) is -0.108. The van der Waals surface area contributed by atoms with Crippen molar-refractivity contribution in [2.45, 2.75) is 12.5 Å². The average Bonchev–Trinajstić information content (AvgIpc) is 3.19. The van der Waals surface area contributed by atoms with Gasteiger partial charge in [-0.25, -0.2) is 4.98 Å². The van der Waals surface area contributed by atoms with Crippen LogP contribution in [0.1, 0.15) is 12.8 Å². The summed E-state index contributed by atoms with van der Waals surface area (Å²) in [4.78, 5) is 10.8. The van der Waals surface area contributed by atoms with E-state index >= 15 is 0 Å². The van der Waals surface area contributed by atoms with E-state index in [2.05, 4.69) is 15.1 Å². The van der Waals surface area contributed by atoms with Crippen molar-refractivity contribution in [3.05, 3.63) is 48.5 Å². The Morgan fingerprint density at radius 1 is 1.18 bits per heavy atom. The third-order valence-electron chi connectivity index (χ3n) is 4.35. The molecule has 146 valence electrons. The minimum atomic E-state index is -0.863. The molecule has 8 heteroatoms. The predicted octanol–water partition coefficient (Wildman–Crippen LogP) is 2.76. The number of ether oxygens (including phenoxy) is 3. The first-order valence-electron chi connectivity index (χ1n) is 9.02. The molecule has 1 aliphatic rings. The van der Waals surface area contributed by atoms with Crippen LogP contribution in [0.25, 0.3) is 11.4 Å². The Labute approximate surface area is 163 Å². The van der Waals surface area contributed by atoms with Crippen molar-refractivity contribution in [3.8, 4) is 28.8 Å². The first-order valence-corrected chi connectivity index (χ1v) is 9.02. The molecular formula is C20H22N4O4. The van der Waals surface area contributed by atoms with E-state index in [-0.39, 0.29) is 6.61 Å². The summed E-state index contributed by atoms with van der Waals surface area (Å²) in [6.45, 7) is 3.49. The smallest absolute Gasteiger partial charge is 0.274 e. The Balaban J connectivity index is 1.52. The molecule has 0 N–H and O–H groups in total. The van der Waals surface area contributed by atoms with Crippen LogP contribution in [0.4, 0.5) is 0 Å². The standard InChI is InChI=1S/C20H22N4O4/c1-20(13-26-15-6-4-5-7-16(15)27-20)19-22-18(23-28-19)14-8-9-21-17(12-14)25-11-10-24(2)3/h4-9,12H,10-11,13H2,1-3H3. The lowest BCUT2D eigenvalue weighted by molar-refractivity contribution is -0.0213. The van der Waals surface area contributed by atoms with Crippen LogP contribution < -0.4 is 14.2 Å². The summed E-state index contributed by atoms with van der Waals surface area (Å²) in [6, 6.07) is 11.1. The number of fused-ring (bicyclic) bond motifs is 1. The molecule has 28 heavy (non-hydrogen) atoms. The number of benzene rings is 1. The van der Waals surface area contributed by atoms with Crippen LogP contribution in [0.5, 0.6) is 17.4 Å². The third-order valence-corrected chi connectivity index (χ3v) is 4.35. The van der Waals surface area contributed by atoms with E-state index < -0.39 is 5.60 Å². The summed E-state index contributed by atoms with van der Waals surface area (Å²) < 4.78 is 23.1. The molecule has 0 amide bonds. The van der Waals surface area contributed by atoms with Gasteiger partial charge in [0.15, 0.2) is 11.5 Å². The van der Waals surface area contributed by atoms with Crippen molar-refractivity contribution in [2.75, 3.05) is 33.9 Å². The van der Waals surface area contributed by atoms with Crippen molar-refractivity contribution in [2.24, 2.45) is 0 Å². The lowest BCUT2D eigenvalue weighted by Crippen LogP contribution is -2.39. The molecule has 3 heterocycles. The number of hydrogen-bond donors (Lipinski definition) is 0. The van der Waals surface area contributed by atoms with Crippen LogP contribution in [0.2, 0.25) is 0 Å². The lowest BCUT2D eigenvalue weighted by Gasteiger charge is -2.32. The van der Waals surface area contributed by atoms with Crippen molar-refractivity contribution in [3.63, 3.8) is 0 Å². The monoisotopic (exact) mass is 382 g/mol. The van der Waals surface area contributed by atoms with Gasteiger partial charge in [0.1, 0.15) is 13.2 Å². The number of nitrogens with zero attached hydrogens (tertiary/aromatic N) is 4. The molecule has 0 bridgehead atoms. The van der Waals surface area contributed by atoms with Crippen molar-refractivity contribution in [1.82, 2.24) is 20.0 Å². The molecule has 8 nitrogen and oxygen atoms in total. The van der Waals surface area contributed by atoms with Gasteiger partial charge in [-0.3, -0.25) is 0 Å². The van der Waals surface area contributed by atoms with Crippen LogP contribution in [-0.4, -0.2) is 53.9 Å². The Kier molecular flexibility index (Phi) is 4.87. The minimum Gasteiger partial charge on any atom is -0.485 e. The van der Waals surface area contributed by atoms with Gasteiger partial charge in [-0.1, -0.05) is 17.3 Å². The number of pyridine rings is 1. The highest BCUT2D eigenvalue weighted by Crippen LogP contribution is 2.39. The highest BCUT2D eigenvalue weighted by molar-refractivity contribution is 5.55. The van der Waals surface area contributed by atoms with Gasteiger partial charge in [0.2, 0.25) is 17.3 Å². The normalized spacial score (nSPS) is 18.3. The van der Waals surface area contributed by atoms with E-state index in [4.69, 9.17) is 18.7 Å². The molecule has 0 fully saturated rings. The first kappa shape index (κ1) is 18.2. The van der Waals surface area contributed by atoms with E-state index in [1.165, 1.54) is 0 Å². The maximum atomic E-state index is 6.09. The largest absolute Gasteiger partial charge is 0.485 e. The quantitative estimate of drug-likeness (QED) is 0.644. The molecule has 0 aliphatic carbocycles. The second-order valence-electron chi connectivity index (χ2n) is 7.03.